The summed E-state index contributed by atoms with van der Waals surface area (Å²) in [5, 5.41) is 23.5. The number of aliphatic hydroxyl groups excluding tert-OH is 1. The highest BCUT2D eigenvalue weighted by Crippen LogP contribution is 2.19. The summed E-state index contributed by atoms with van der Waals surface area (Å²) in [7, 11) is 0. The number of aliphatic hydroxyl groups is 1. The van der Waals surface area contributed by atoms with Crippen LogP contribution in [0.5, 0.6) is 0 Å². The monoisotopic (exact) mass is 389 g/mol. The number of amides is 1. The Balaban J connectivity index is 1.65. The maximum Gasteiger partial charge on any atom is 0.229 e. The summed E-state index contributed by atoms with van der Waals surface area (Å²) in [6.45, 7) is 1.87. The summed E-state index contributed by atoms with van der Waals surface area (Å²) in [5.74, 6) is 0.306. The van der Waals surface area contributed by atoms with Crippen LogP contribution in [-0.4, -0.2) is 36.0 Å². The maximum atomic E-state index is 11.2. The third-order valence-electron chi connectivity index (χ3n) is 4.25. The van der Waals surface area contributed by atoms with Crippen LogP contribution in [0.25, 0.3) is 16.9 Å². The van der Waals surface area contributed by atoms with E-state index in [1.165, 1.54) is 6.92 Å². The van der Waals surface area contributed by atoms with E-state index in [-0.39, 0.29) is 12.5 Å². The van der Waals surface area contributed by atoms with Crippen molar-refractivity contribution < 1.29 is 9.90 Å². The van der Waals surface area contributed by atoms with E-state index in [1.54, 1.807) is 10.9 Å². The maximum absolute atomic E-state index is 11.2. The number of benzene rings is 2. The quantitative estimate of drug-likeness (QED) is 0.462. The summed E-state index contributed by atoms with van der Waals surface area (Å²) in [4.78, 5) is 20.0. The number of carbonyl (C=O) groups is 1. The van der Waals surface area contributed by atoms with Crippen molar-refractivity contribution in [3.63, 3.8) is 0 Å². The van der Waals surface area contributed by atoms with Crippen molar-refractivity contribution in [3.8, 4) is 5.69 Å². The van der Waals surface area contributed by atoms with Gasteiger partial charge < -0.3 is 15.7 Å². The van der Waals surface area contributed by atoms with Gasteiger partial charge in [-0.05, 0) is 35.4 Å². The predicted octanol–water partition coefficient (Wildman–Crippen LogP) is 2.08. The Morgan fingerprint density at radius 1 is 1.14 bits per heavy atom. The van der Waals surface area contributed by atoms with Gasteiger partial charge in [0.2, 0.25) is 11.9 Å². The first kappa shape index (κ1) is 18.5. The molecule has 0 aliphatic heterocycles. The smallest absolute Gasteiger partial charge is 0.229 e. The molecule has 146 valence electrons. The van der Waals surface area contributed by atoms with E-state index < -0.39 is 0 Å². The van der Waals surface area contributed by atoms with E-state index in [2.05, 4.69) is 30.9 Å². The average Bonchev–Trinajstić information content (AvgIpc) is 3.16. The van der Waals surface area contributed by atoms with E-state index in [1.807, 2.05) is 48.5 Å². The van der Waals surface area contributed by atoms with Crippen LogP contribution in [0.15, 0.2) is 54.7 Å². The van der Waals surface area contributed by atoms with E-state index in [0.717, 1.165) is 22.5 Å². The largest absolute Gasteiger partial charge is 0.392 e. The number of carbonyl (C=O) groups excluding carboxylic acids is 1. The van der Waals surface area contributed by atoms with E-state index >= 15 is 0 Å². The number of hydrogen-bond acceptors (Lipinski definition) is 7. The lowest BCUT2D eigenvalue weighted by atomic mass is 10.2. The standard InChI is InChI=1S/C20H19N7O2/c1-13(29)21-10-14-4-3-7-17(9-14)27-19-18(25-26-27)11-22-20(24-19)23-16-6-2-5-15(8-16)12-28/h2-9,11,28H,10,12H2,1H3,(H,21,29)(H,22,23,24). The van der Waals surface area contributed by atoms with Gasteiger partial charge in [0.1, 0.15) is 0 Å². The van der Waals surface area contributed by atoms with Crippen molar-refractivity contribution in [1.29, 1.82) is 0 Å². The zero-order valence-electron chi connectivity index (χ0n) is 15.7. The minimum absolute atomic E-state index is 0.0407. The molecule has 9 nitrogen and oxygen atoms in total. The Kier molecular flexibility index (Phi) is 5.12. The Morgan fingerprint density at radius 3 is 2.79 bits per heavy atom. The Morgan fingerprint density at radius 2 is 1.97 bits per heavy atom. The van der Waals surface area contributed by atoms with E-state index in [9.17, 15) is 9.90 Å². The second-order valence-electron chi connectivity index (χ2n) is 6.47. The molecule has 0 unspecified atom stereocenters. The molecule has 0 atom stereocenters. The third kappa shape index (κ3) is 4.19. The van der Waals surface area contributed by atoms with E-state index in [0.29, 0.717) is 23.7 Å². The second-order valence-corrected chi connectivity index (χ2v) is 6.47. The number of rotatable bonds is 6. The first-order valence-corrected chi connectivity index (χ1v) is 9.01. The Labute approximate surface area is 166 Å². The van der Waals surface area contributed by atoms with Crippen molar-refractivity contribution in [3.05, 3.63) is 65.9 Å². The summed E-state index contributed by atoms with van der Waals surface area (Å²) in [6.07, 6.45) is 1.60. The topological polar surface area (TPSA) is 118 Å². The minimum atomic E-state index is -0.0877. The Bertz CT molecular complexity index is 1170. The van der Waals surface area contributed by atoms with Gasteiger partial charge in [-0.15, -0.1) is 5.10 Å². The fourth-order valence-electron chi connectivity index (χ4n) is 2.86. The molecule has 4 rings (SSSR count). The highest BCUT2D eigenvalue weighted by atomic mass is 16.3. The van der Waals surface area contributed by atoms with Gasteiger partial charge in [0.25, 0.3) is 0 Å². The van der Waals surface area contributed by atoms with Crippen LogP contribution in [0, 0.1) is 0 Å². The summed E-state index contributed by atoms with van der Waals surface area (Å²) in [6, 6.07) is 15.0. The van der Waals surface area contributed by atoms with Crippen molar-refractivity contribution in [2.24, 2.45) is 0 Å². The Hall–Kier alpha value is -3.85. The second kappa shape index (κ2) is 8.03. The minimum Gasteiger partial charge on any atom is -0.392 e. The molecule has 4 aromatic rings. The van der Waals surface area contributed by atoms with Crippen molar-refractivity contribution >= 4 is 28.7 Å². The van der Waals surface area contributed by atoms with Crippen molar-refractivity contribution in [1.82, 2.24) is 30.3 Å². The molecule has 9 heteroatoms. The number of nitrogens with zero attached hydrogens (tertiary/aromatic N) is 5. The molecule has 0 radical (unpaired) electrons. The van der Waals surface area contributed by atoms with Crippen LogP contribution in [0.4, 0.5) is 11.6 Å². The van der Waals surface area contributed by atoms with Gasteiger partial charge in [-0.3, -0.25) is 4.79 Å². The molecule has 0 fully saturated rings. The van der Waals surface area contributed by atoms with Crippen LogP contribution in [0.1, 0.15) is 18.1 Å². The molecule has 29 heavy (non-hydrogen) atoms. The summed E-state index contributed by atoms with van der Waals surface area (Å²) in [5.41, 5.74) is 4.40. The van der Waals surface area contributed by atoms with Crippen LogP contribution < -0.4 is 10.6 Å². The number of hydrogen-bond donors (Lipinski definition) is 3. The SMILES string of the molecule is CC(=O)NCc1cccc(-n2nnc3cnc(Nc4cccc(CO)c4)nc32)c1. The summed E-state index contributed by atoms with van der Waals surface area (Å²) < 4.78 is 1.63. The van der Waals surface area contributed by atoms with Gasteiger partial charge in [-0.2, -0.15) is 9.67 Å². The van der Waals surface area contributed by atoms with Crippen LogP contribution in [-0.2, 0) is 17.9 Å². The van der Waals surface area contributed by atoms with Crippen LogP contribution in [0.2, 0.25) is 0 Å². The number of nitrogens with one attached hydrogen (secondary N) is 2. The lowest BCUT2D eigenvalue weighted by Gasteiger charge is -2.08. The lowest BCUT2D eigenvalue weighted by molar-refractivity contribution is -0.119. The van der Waals surface area contributed by atoms with E-state index in [4.69, 9.17) is 0 Å². The van der Waals surface area contributed by atoms with Gasteiger partial charge in [0, 0.05) is 19.2 Å². The molecule has 2 aromatic heterocycles. The first-order chi connectivity index (χ1) is 14.1. The number of fused-ring (bicyclic) bond motifs is 1. The highest BCUT2D eigenvalue weighted by Gasteiger charge is 2.11. The number of anilines is 2. The molecule has 1 amide bonds. The van der Waals surface area contributed by atoms with Gasteiger partial charge >= 0.3 is 0 Å². The lowest BCUT2D eigenvalue weighted by Crippen LogP contribution is -2.18. The fraction of sp³-hybridized carbons (Fsp3) is 0.150. The number of aromatic nitrogens is 5. The highest BCUT2D eigenvalue weighted by molar-refractivity contribution is 5.73. The summed E-state index contributed by atoms with van der Waals surface area (Å²) >= 11 is 0. The first-order valence-electron chi connectivity index (χ1n) is 9.01. The van der Waals surface area contributed by atoms with Crippen molar-refractivity contribution in [2.45, 2.75) is 20.1 Å². The molecule has 2 aromatic carbocycles. The van der Waals surface area contributed by atoms with Crippen molar-refractivity contribution in [2.75, 3.05) is 5.32 Å². The molecule has 0 aliphatic rings. The molecule has 0 aliphatic carbocycles. The normalized spacial score (nSPS) is 10.8. The van der Waals surface area contributed by atoms with Gasteiger partial charge in [0.05, 0.1) is 18.5 Å². The van der Waals surface area contributed by atoms with Gasteiger partial charge in [-0.25, -0.2) is 4.98 Å². The van der Waals surface area contributed by atoms with Gasteiger partial charge in [0.15, 0.2) is 11.2 Å². The predicted molar refractivity (Wildman–Crippen MR) is 108 cm³/mol. The molecule has 0 saturated carbocycles. The molecular formula is C20H19N7O2. The molecule has 0 saturated heterocycles. The molecule has 2 heterocycles. The zero-order chi connectivity index (χ0) is 20.2. The molecule has 0 bridgehead atoms. The van der Waals surface area contributed by atoms with Crippen LogP contribution in [0.3, 0.4) is 0 Å². The molecule has 3 N–H and O–H groups in total. The fourth-order valence-corrected chi connectivity index (χ4v) is 2.86. The molecule has 0 spiro atoms. The van der Waals surface area contributed by atoms with Crippen LogP contribution >= 0.6 is 0 Å². The average molecular weight is 389 g/mol. The zero-order valence-corrected chi connectivity index (χ0v) is 15.7. The third-order valence-corrected chi connectivity index (χ3v) is 4.25. The van der Waals surface area contributed by atoms with Gasteiger partial charge in [-0.1, -0.05) is 29.5 Å². The molecular weight excluding hydrogens is 370 g/mol.